The Balaban J connectivity index is 1.62. The first-order valence-electron chi connectivity index (χ1n) is 9.43. The molecule has 3 aromatic rings. The fourth-order valence-corrected chi connectivity index (χ4v) is 3.56. The van der Waals surface area contributed by atoms with Gasteiger partial charge in [-0.3, -0.25) is 14.3 Å². The maximum Gasteiger partial charge on any atom is 0.411 e. The Kier molecular flexibility index (Phi) is 5.46. The Bertz CT molecular complexity index is 1050. The first kappa shape index (κ1) is 19.6. The van der Waals surface area contributed by atoms with Crippen molar-refractivity contribution in [3.63, 3.8) is 0 Å². The van der Waals surface area contributed by atoms with E-state index in [4.69, 9.17) is 14.2 Å². The molecule has 0 spiro atoms. The van der Waals surface area contributed by atoms with Crippen molar-refractivity contribution in [3.8, 4) is 5.88 Å². The van der Waals surface area contributed by atoms with Crippen LogP contribution < -0.4 is 4.74 Å². The van der Waals surface area contributed by atoms with Gasteiger partial charge >= 0.3 is 12.1 Å². The molecule has 2 atom stereocenters. The van der Waals surface area contributed by atoms with E-state index in [0.717, 1.165) is 5.56 Å². The summed E-state index contributed by atoms with van der Waals surface area (Å²) in [5, 5.41) is 0. The number of hydrogen-bond donors (Lipinski definition) is 0. The summed E-state index contributed by atoms with van der Waals surface area (Å²) in [4.78, 5) is 38.1. The van der Waals surface area contributed by atoms with Gasteiger partial charge in [-0.1, -0.05) is 30.3 Å². The maximum atomic E-state index is 12.3. The highest BCUT2D eigenvalue weighted by atomic mass is 16.6. The first-order valence-corrected chi connectivity index (χ1v) is 9.43. The molecule has 0 bridgehead atoms. The molecule has 156 valence electrons. The van der Waals surface area contributed by atoms with Crippen LogP contribution in [0.4, 0.5) is 4.79 Å². The fourth-order valence-electron chi connectivity index (χ4n) is 3.56. The van der Waals surface area contributed by atoms with Crippen LogP contribution in [0.3, 0.4) is 0 Å². The SMILES string of the molecule is COC(=O)N1C[C@H](OC(C)=O)C[C@H]1n1cnc2c(OCc3ccccc3)ncnc21. The van der Waals surface area contributed by atoms with Crippen LogP contribution in [0.25, 0.3) is 11.2 Å². The van der Waals surface area contributed by atoms with Crippen molar-refractivity contribution in [2.75, 3.05) is 13.7 Å². The lowest BCUT2D eigenvalue weighted by Crippen LogP contribution is -2.34. The number of nitrogens with zero attached hydrogens (tertiary/aromatic N) is 5. The largest absolute Gasteiger partial charge is 0.471 e. The molecule has 0 aliphatic carbocycles. The van der Waals surface area contributed by atoms with Crippen LogP contribution in [-0.2, 0) is 20.9 Å². The maximum absolute atomic E-state index is 12.3. The zero-order valence-electron chi connectivity index (χ0n) is 16.6. The highest BCUT2D eigenvalue weighted by Crippen LogP contribution is 2.33. The molecule has 10 heteroatoms. The molecule has 1 aromatic carbocycles. The average molecular weight is 411 g/mol. The van der Waals surface area contributed by atoms with E-state index in [9.17, 15) is 9.59 Å². The lowest BCUT2D eigenvalue weighted by atomic mass is 10.2. The molecule has 0 saturated carbocycles. The number of carbonyl (C=O) groups is 2. The van der Waals surface area contributed by atoms with Crippen molar-refractivity contribution in [1.29, 1.82) is 0 Å². The molecule has 0 radical (unpaired) electrons. The zero-order valence-corrected chi connectivity index (χ0v) is 16.6. The predicted octanol–water partition coefficient (Wildman–Crippen LogP) is 2.31. The van der Waals surface area contributed by atoms with Crippen LogP contribution in [0.2, 0.25) is 0 Å². The number of likely N-dealkylation sites (tertiary alicyclic amines) is 1. The lowest BCUT2D eigenvalue weighted by molar-refractivity contribution is -0.145. The molecule has 2 aromatic heterocycles. The van der Waals surface area contributed by atoms with Gasteiger partial charge in [0.1, 0.15) is 25.2 Å². The quantitative estimate of drug-likeness (QED) is 0.589. The summed E-state index contributed by atoms with van der Waals surface area (Å²) in [5.41, 5.74) is 1.99. The third kappa shape index (κ3) is 3.88. The molecule has 30 heavy (non-hydrogen) atoms. The topological polar surface area (TPSA) is 109 Å². The standard InChI is InChI=1S/C20H21N5O5/c1-13(26)30-15-8-16(24(9-15)20(27)28-2)25-12-23-17-18(25)21-11-22-19(17)29-10-14-6-4-3-5-7-14/h3-7,11-12,15-16H,8-10H2,1-2H3/t15-,16-/m1/s1. The van der Waals surface area contributed by atoms with Gasteiger partial charge in [0, 0.05) is 13.3 Å². The molecular formula is C20H21N5O5. The minimum absolute atomic E-state index is 0.221. The third-order valence-corrected chi connectivity index (χ3v) is 4.84. The summed E-state index contributed by atoms with van der Waals surface area (Å²) < 4.78 is 17.8. The van der Waals surface area contributed by atoms with E-state index in [2.05, 4.69) is 15.0 Å². The normalized spacial score (nSPS) is 18.4. The van der Waals surface area contributed by atoms with Crippen LogP contribution in [0.1, 0.15) is 25.1 Å². The van der Waals surface area contributed by atoms with Crippen LogP contribution in [0, 0.1) is 0 Å². The number of benzene rings is 1. The minimum atomic E-state index is -0.522. The van der Waals surface area contributed by atoms with E-state index >= 15 is 0 Å². The number of fused-ring (bicyclic) bond motifs is 1. The van der Waals surface area contributed by atoms with Crippen molar-refractivity contribution in [3.05, 3.63) is 48.5 Å². The molecule has 4 rings (SSSR count). The summed E-state index contributed by atoms with van der Waals surface area (Å²) in [6, 6.07) is 9.72. The number of hydrogen-bond acceptors (Lipinski definition) is 8. The number of amides is 1. The number of imidazole rings is 1. The number of methoxy groups -OCH3 is 1. The molecule has 10 nitrogen and oxygen atoms in total. The molecule has 1 amide bonds. The summed E-state index contributed by atoms with van der Waals surface area (Å²) in [7, 11) is 1.31. The monoisotopic (exact) mass is 411 g/mol. The average Bonchev–Trinajstić information content (AvgIpc) is 3.36. The van der Waals surface area contributed by atoms with E-state index < -0.39 is 24.3 Å². The zero-order chi connectivity index (χ0) is 21.1. The van der Waals surface area contributed by atoms with Gasteiger partial charge in [0.05, 0.1) is 20.0 Å². The molecule has 1 aliphatic heterocycles. The number of carbonyl (C=O) groups excluding carboxylic acids is 2. The summed E-state index contributed by atoms with van der Waals surface area (Å²) >= 11 is 0. The van der Waals surface area contributed by atoms with Crippen LogP contribution in [0.5, 0.6) is 5.88 Å². The highest BCUT2D eigenvalue weighted by molar-refractivity contribution is 5.76. The van der Waals surface area contributed by atoms with Gasteiger partial charge in [-0.25, -0.2) is 14.8 Å². The third-order valence-electron chi connectivity index (χ3n) is 4.84. The summed E-state index contributed by atoms with van der Waals surface area (Å²) in [6.07, 6.45) is 1.92. The van der Waals surface area contributed by atoms with Crippen LogP contribution in [-0.4, -0.2) is 56.2 Å². The van der Waals surface area contributed by atoms with Gasteiger partial charge in [-0.2, -0.15) is 4.98 Å². The molecule has 0 N–H and O–H groups in total. The highest BCUT2D eigenvalue weighted by Gasteiger charge is 2.39. The Labute approximate surface area is 172 Å². The van der Waals surface area contributed by atoms with Gasteiger partial charge in [-0.05, 0) is 5.56 Å². The minimum Gasteiger partial charge on any atom is -0.471 e. The smallest absolute Gasteiger partial charge is 0.411 e. The van der Waals surface area contributed by atoms with E-state index in [1.807, 2.05) is 30.3 Å². The van der Waals surface area contributed by atoms with Crippen LogP contribution in [0.15, 0.2) is 43.0 Å². The van der Waals surface area contributed by atoms with E-state index in [0.29, 0.717) is 30.1 Å². The van der Waals surface area contributed by atoms with Gasteiger partial charge in [0.2, 0.25) is 5.88 Å². The predicted molar refractivity (Wildman–Crippen MR) is 104 cm³/mol. The number of aromatic nitrogens is 4. The summed E-state index contributed by atoms with van der Waals surface area (Å²) in [6.45, 7) is 1.90. The van der Waals surface area contributed by atoms with Gasteiger partial charge in [0.15, 0.2) is 11.2 Å². The molecule has 0 unspecified atom stereocenters. The molecule has 1 aliphatic rings. The van der Waals surface area contributed by atoms with E-state index in [-0.39, 0.29) is 6.54 Å². The van der Waals surface area contributed by atoms with Gasteiger partial charge in [-0.15, -0.1) is 0 Å². The van der Waals surface area contributed by atoms with Crippen molar-refractivity contribution in [2.24, 2.45) is 0 Å². The Hall–Kier alpha value is -3.69. The Morgan fingerprint density at radius 2 is 1.97 bits per heavy atom. The van der Waals surface area contributed by atoms with Crippen LogP contribution >= 0.6 is 0 Å². The Morgan fingerprint density at radius 1 is 1.17 bits per heavy atom. The molecule has 3 heterocycles. The molecule has 1 saturated heterocycles. The van der Waals surface area contributed by atoms with Crippen molar-refractivity contribution in [2.45, 2.75) is 32.2 Å². The van der Waals surface area contributed by atoms with Gasteiger partial charge in [0.25, 0.3) is 0 Å². The van der Waals surface area contributed by atoms with Crippen molar-refractivity contribution >= 4 is 23.2 Å². The second-order valence-corrected chi connectivity index (χ2v) is 6.85. The fraction of sp³-hybridized carbons (Fsp3) is 0.350. The lowest BCUT2D eigenvalue weighted by Gasteiger charge is -2.23. The Morgan fingerprint density at radius 3 is 2.70 bits per heavy atom. The number of rotatable bonds is 5. The number of esters is 1. The van der Waals surface area contributed by atoms with Crippen molar-refractivity contribution < 1.29 is 23.8 Å². The van der Waals surface area contributed by atoms with Crippen molar-refractivity contribution in [1.82, 2.24) is 24.4 Å². The van der Waals surface area contributed by atoms with Gasteiger partial charge < -0.3 is 14.2 Å². The summed E-state index contributed by atoms with van der Waals surface area (Å²) in [5.74, 6) is -0.0540. The number of ether oxygens (including phenoxy) is 3. The van der Waals surface area contributed by atoms with E-state index in [1.54, 1.807) is 10.9 Å². The van der Waals surface area contributed by atoms with E-state index in [1.165, 1.54) is 25.3 Å². The second kappa shape index (κ2) is 8.36. The second-order valence-electron chi connectivity index (χ2n) is 6.85. The molecular weight excluding hydrogens is 390 g/mol. The first-order chi connectivity index (χ1) is 14.6. The molecule has 1 fully saturated rings.